The minimum atomic E-state index is 0.0198. The SMILES string of the molecule is CCn1nc(C)c(C(=O)N2CCC(=O)N(CC3CC3)[C@H](C(C)C)C2)c1C. The van der Waals surface area contributed by atoms with E-state index in [9.17, 15) is 9.59 Å². The minimum Gasteiger partial charge on any atom is -0.337 e. The summed E-state index contributed by atoms with van der Waals surface area (Å²) in [5.74, 6) is 1.21. The first-order valence-electron chi connectivity index (χ1n) is 9.96. The van der Waals surface area contributed by atoms with E-state index in [0.717, 1.165) is 24.5 Å². The number of carbonyl (C=O) groups is 2. The van der Waals surface area contributed by atoms with Crippen LogP contribution in [0.2, 0.25) is 0 Å². The third kappa shape index (κ3) is 3.64. The van der Waals surface area contributed by atoms with Crippen LogP contribution in [-0.2, 0) is 11.3 Å². The normalized spacial score (nSPS) is 21.5. The standard InChI is InChI=1S/C20H32N4O2/c1-6-24-15(5)19(14(4)21-24)20(26)22-10-9-18(25)23(11-16-7-8-16)17(12-22)13(2)3/h13,16-17H,6-12H2,1-5H3/t17-/m0/s1. The van der Waals surface area contributed by atoms with Crippen molar-refractivity contribution in [2.45, 2.75) is 66.5 Å². The van der Waals surface area contributed by atoms with E-state index in [1.165, 1.54) is 12.8 Å². The van der Waals surface area contributed by atoms with Crippen molar-refractivity contribution in [1.82, 2.24) is 19.6 Å². The van der Waals surface area contributed by atoms with Gasteiger partial charge < -0.3 is 9.80 Å². The average molecular weight is 361 g/mol. The molecule has 0 unspecified atom stereocenters. The van der Waals surface area contributed by atoms with Gasteiger partial charge in [-0.2, -0.15) is 5.10 Å². The fraction of sp³-hybridized carbons (Fsp3) is 0.750. The molecule has 0 spiro atoms. The molecule has 2 heterocycles. The molecule has 1 saturated heterocycles. The molecule has 1 aromatic rings. The molecule has 144 valence electrons. The first-order valence-corrected chi connectivity index (χ1v) is 9.96. The Labute approximate surface area is 156 Å². The summed E-state index contributed by atoms with van der Waals surface area (Å²) in [7, 11) is 0. The Morgan fingerprint density at radius 2 is 1.96 bits per heavy atom. The lowest BCUT2D eigenvalue weighted by Crippen LogP contribution is -2.48. The first kappa shape index (κ1) is 18.9. The van der Waals surface area contributed by atoms with Crippen molar-refractivity contribution in [2.75, 3.05) is 19.6 Å². The minimum absolute atomic E-state index is 0.0198. The molecule has 2 amide bonds. The monoisotopic (exact) mass is 360 g/mol. The van der Waals surface area contributed by atoms with Crippen molar-refractivity contribution in [3.8, 4) is 0 Å². The number of carbonyl (C=O) groups excluding carboxylic acids is 2. The van der Waals surface area contributed by atoms with Crippen LogP contribution in [-0.4, -0.2) is 57.1 Å². The van der Waals surface area contributed by atoms with Gasteiger partial charge in [0.25, 0.3) is 5.91 Å². The fourth-order valence-electron chi connectivity index (χ4n) is 4.02. The van der Waals surface area contributed by atoms with Crippen LogP contribution >= 0.6 is 0 Å². The topological polar surface area (TPSA) is 58.4 Å². The zero-order valence-corrected chi connectivity index (χ0v) is 16.8. The molecule has 0 N–H and O–H groups in total. The predicted octanol–water partition coefficient (Wildman–Crippen LogP) is 2.63. The Balaban J connectivity index is 1.85. The third-order valence-electron chi connectivity index (χ3n) is 5.83. The van der Waals surface area contributed by atoms with Crippen LogP contribution in [0, 0.1) is 25.7 Å². The molecular weight excluding hydrogens is 328 g/mol. The number of hydrogen-bond donors (Lipinski definition) is 0. The molecule has 26 heavy (non-hydrogen) atoms. The summed E-state index contributed by atoms with van der Waals surface area (Å²) in [5, 5.41) is 4.49. The molecule has 1 aromatic heterocycles. The molecule has 1 aliphatic heterocycles. The van der Waals surface area contributed by atoms with E-state index in [1.807, 2.05) is 30.4 Å². The molecule has 0 radical (unpaired) electrons. The van der Waals surface area contributed by atoms with Crippen LogP contribution in [0.25, 0.3) is 0 Å². The summed E-state index contributed by atoms with van der Waals surface area (Å²) < 4.78 is 1.88. The van der Waals surface area contributed by atoms with Crippen LogP contribution < -0.4 is 0 Å². The molecule has 1 saturated carbocycles. The molecule has 2 aliphatic rings. The summed E-state index contributed by atoms with van der Waals surface area (Å²) in [6.45, 7) is 12.9. The Morgan fingerprint density at radius 3 is 2.50 bits per heavy atom. The van der Waals surface area contributed by atoms with Gasteiger partial charge in [-0.15, -0.1) is 0 Å². The van der Waals surface area contributed by atoms with Crippen molar-refractivity contribution in [1.29, 1.82) is 0 Å². The van der Waals surface area contributed by atoms with Gasteiger partial charge in [0.1, 0.15) is 0 Å². The lowest BCUT2D eigenvalue weighted by molar-refractivity contribution is -0.133. The largest absolute Gasteiger partial charge is 0.337 e. The Morgan fingerprint density at radius 1 is 1.27 bits per heavy atom. The molecule has 1 atom stereocenters. The highest BCUT2D eigenvalue weighted by Gasteiger charge is 2.37. The summed E-state index contributed by atoms with van der Waals surface area (Å²) in [6.07, 6.45) is 2.87. The summed E-state index contributed by atoms with van der Waals surface area (Å²) in [5.41, 5.74) is 2.40. The van der Waals surface area contributed by atoms with Gasteiger partial charge in [-0.05, 0) is 45.4 Å². The van der Waals surface area contributed by atoms with Crippen LogP contribution in [0.15, 0.2) is 0 Å². The second-order valence-electron chi connectivity index (χ2n) is 8.16. The van der Waals surface area contributed by atoms with Gasteiger partial charge in [-0.1, -0.05) is 13.8 Å². The predicted molar refractivity (Wildman–Crippen MR) is 101 cm³/mol. The highest BCUT2D eigenvalue weighted by molar-refractivity contribution is 5.97. The molecule has 0 aromatic carbocycles. The van der Waals surface area contributed by atoms with Crippen LogP contribution in [0.5, 0.6) is 0 Å². The first-order chi connectivity index (χ1) is 12.3. The number of amides is 2. The quantitative estimate of drug-likeness (QED) is 0.811. The van der Waals surface area contributed by atoms with Crippen LogP contribution in [0.1, 0.15) is 61.8 Å². The number of aryl methyl sites for hydroxylation is 2. The molecule has 2 fully saturated rings. The van der Waals surface area contributed by atoms with Gasteiger partial charge in [0.2, 0.25) is 5.91 Å². The maximum absolute atomic E-state index is 13.3. The third-order valence-corrected chi connectivity index (χ3v) is 5.83. The smallest absolute Gasteiger partial charge is 0.257 e. The van der Waals surface area contributed by atoms with E-state index in [2.05, 4.69) is 23.8 Å². The molecular formula is C20H32N4O2. The average Bonchev–Trinajstić information content (AvgIpc) is 3.38. The van der Waals surface area contributed by atoms with E-state index in [0.29, 0.717) is 36.9 Å². The van der Waals surface area contributed by atoms with Crippen molar-refractivity contribution in [3.05, 3.63) is 17.0 Å². The molecule has 1 aliphatic carbocycles. The van der Waals surface area contributed by atoms with Crippen molar-refractivity contribution in [3.63, 3.8) is 0 Å². The lowest BCUT2D eigenvalue weighted by atomic mass is 10.0. The number of rotatable bonds is 5. The number of hydrogen-bond acceptors (Lipinski definition) is 3. The Bertz CT molecular complexity index is 690. The molecule has 3 rings (SSSR count). The van der Waals surface area contributed by atoms with Gasteiger partial charge in [-0.3, -0.25) is 14.3 Å². The van der Waals surface area contributed by atoms with Gasteiger partial charge >= 0.3 is 0 Å². The van der Waals surface area contributed by atoms with E-state index < -0.39 is 0 Å². The van der Waals surface area contributed by atoms with E-state index >= 15 is 0 Å². The number of aromatic nitrogens is 2. The second kappa shape index (κ2) is 7.41. The number of nitrogens with zero attached hydrogens (tertiary/aromatic N) is 4. The summed E-state index contributed by atoms with van der Waals surface area (Å²) >= 11 is 0. The maximum atomic E-state index is 13.3. The highest BCUT2D eigenvalue weighted by atomic mass is 16.2. The van der Waals surface area contributed by atoms with Gasteiger partial charge in [-0.25, -0.2) is 0 Å². The van der Waals surface area contributed by atoms with Gasteiger partial charge in [0.15, 0.2) is 0 Å². The zero-order valence-electron chi connectivity index (χ0n) is 16.8. The summed E-state index contributed by atoms with van der Waals surface area (Å²) in [6, 6.07) is 0.0939. The maximum Gasteiger partial charge on any atom is 0.257 e. The van der Waals surface area contributed by atoms with Crippen LogP contribution in [0.3, 0.4) is 0 Å². The van der Waals surface area contributed by atoms with Crippen molar-refractivity contribution < 1.29 is 9.59 Å². The Hall–Kier alpha value is -1.85. The zero-order chi connectivity index (χ0) is 19.0. The van der Waals surface area contributed by atoms with Crippen LogP contribution in [0.4, 0.5) is 0 Å². The van der Waals surface area contributed by atoms with Crippen molar-refractivity contribution >= 4 is 11.8 Å². The fourth-order valence-corrected chi connectivity index (χ4v) is 4.02. The van der Waals surface area contributed by atoms with Crippen molar-refractivity contribution in [2.24, 2.45) is 11.8 Å². The second-order valence-corrected chi connectivity index (χ2v) is 8.16. The van der Waals surface area contributed by atoms with Gasteiger partial charge in [0.05, 0.1) is 17.3 Å². The van der Waals surface area contributed by atoms with E-state index in [4.69, 9.17) is 0 Å². The van der Waals surface area contributed by atoms with Gasteiger partial charge in [0, 0.05) is 38.3 Å². The molecule has 6 heteroatoms. The summed E-state index contributed by atoms with van der Waals surface area (Å²) in [4.78, 5) is 30.0. The van der Waals surface area contributed by atoms with E-state index in [-0.39, 0.29) is 17.9 Å². The molecule has 0 bridgehead atoms. The van der Waals surface area contributed by atoms with E-state index in [1.54, 1.807) is 0 Å². The lowest BCUT2D eigenvalue weighted by Gasteiger charge is -2.34. The Kier molecular flexibility index (Phi) is 5.39. The molecule has 6 nitrogen and oxygen atoms in total. The highest BCUT2D eigenvalue weighted by Crippen LogP contribution is 2.32.